The van der Waals surface area contributed by atoms with E-state index < -0.39 is 10.0 Å². The maximum Gasteiger partial charge on any atom is 0.261 e. The Hall–Kier alpha value is -2.83. The van der Waals surface area contributed by atoms with Gasteiger partial charge in [-0.3, -0.25) is 9.52 Å². The molecule has 150 valence electrons. The number of sulfonamides is 1. The monoisotopic (exact) mass is 428 g/mol. The van der Waals surface area contributed by atoms with Crippen molar-refractivity contribution >= 4 is 33.2 Å². The summed E-state index contributed by atoms with van der Waals surface area (Å²) < 4.78 is 27.6. The van der Waals surface area contributed by atoms with E-state index in [0.29, 0.717) is 16.3 Å². The molecule has 0 fully saturated rings. The first-order valence-corrected chi connectivity index (χ1v) is 10.9. The van der Waals surface area contributed by atoms with Crippen molar-refractivity contribution in [3.05, 3.63) is 94.5 Å². The highest BCUT2D eigenvalue weighted by atomic mass is 35.5. The van der Waals surface area contributed by atoms with E-state index in [2.05, 4.69) is 10.0 Å². The fourth-order valence-electron chi connectivity index (χ4n) is 2.98. The van der Waals surface area contributed by atoms with E-state index in [1.807, 2.05) is 38.1 Å². The van der Waals surface area contributed by atoms with Crippen LogP contribution in [0.4, 0.5) is 5.69 Å². The van der Waals surface area contributed by atoms with Crippen molar-refractivity contribution in [3.63, 3.8) is 0 Å². The van der Waals surface area contributed by atoms with Gasteiger partial charge in [-0.1, -0.05) is 41.9 Å². The molecule has 0 aliphatic heterocycles. The van der Waals surface area contributed by atoms with E-state index in [9.17, 15) is 13.2 Å². The second-order valence-corrected chi connectivity index (χ2v) is 8.81. The first-order valence-electron chi connectivity index (χ1n) is 9.01. The van der Waals surface area contributed by atoms with Crippen molar-refractivity contribution in [1.82, 2.24) is 5.32 Å². The summed E-state index contributed by atoms with van der Waals surface area (Å²) in [6.07, 6.45) is 0. The van der Waals surface area contributed by atoms with Crippen LogP contribution < -0.4 is 10.0 Å². The summed E-state index contributed by atoms with van der Waals surface area (Å²) >= 11 is 5.81. The van der Waals surface area contributed by atoms with Gasteiger partial charge in [0, 0.05) is 16.3 Å². The normalized spacial score (nSPS) is 12.2. The SMILES string of the molecule is Cc1ccccc1[C@H](C)NC(=O)c1cccc(NS(=O)(=O)c2ccc(Cl)cc2)c1. The van der Waals surface area contributed by atoms with Crippen LogP contribution in [0, 0.1) is 6.92 Å². The minimum atomic E-state index is -3.78. The summed E-state index contributed by atoms with van der Waals surface area (Å²) in [5.41, 5.74) is 2.78. The van der Waals surface area contributed by atoms with E-state index >= 15 is 0 Å². The molecule has 0 spiro atoms. The average molecular weight is 429 g/mol. The van der Waals surface area contributed by atoms with Crippen molar-refractivity contribution in [2.24, 2.45) is 0 Å². The number of aryl methyl sites for hydroxylation is 1. The number of halogens is 1. The van der Waals surface area contributed by atoms with Gasteiger partial charge in [-0.25, -0.2) is 8.42 Å². The number of nitrogens with one attached hydrogen (secondary N) is 2. The lowest BCUT2D eigenvalue weighted by Gasteiger charge is -2.17. The van der Waals surface area contributed by atoms with Crippen molar-refractivity contribution < 1.29 is 13.2 Å². The molecule has 1 atom stereocenters. The average Bonchev–Trinajstić information content (AvgIpc) is 2.68. The van der Waals surface area contributed by atoms with Gasteiger partial charge < -0.3 is 5.32 Å². The molecule has 5 nitrogen and oxygen atoms in total. The van der Waals surface area contributed by atoms with Crippen LogP contribution in [-0.4, -0.2) is 14.3 Å². The molecule has 0 saturated carbocycles. The number of amides is 1. The molecular weight excluding hydrogens is 408 g/mol. The highest BCUT2D eigenvalue weighted by Crippen LogP contribution is 2.21. The van der Waals surface area contributed by atoms with Crippen LogP contribution in [0.2, 0.25) is 5.02 Å². The molecule has 0 aliphatic rings. The molecule has 0 bridgehead atoms. The Morgan fingerprint density at radius 1 is 0.966 bits per heavy atom. The number of carbonyl (C=O) groups excluding carboxylic acids is 1. The molecule has 3 aromatic rings. The number of hydrogen-bond donors (Lipinski definition) is 2. The third-order valence-electron chi connectivity index (χ3n) is 4.50. The highest BCUT2D eigenvalue weighted by Gasteiger charge is 2.16. The van der Waals surface area contributed by atoms with Gasteiger partial charge in [0.25, 0.3) is 15.9 Å². The van der Waals surface area contributed by atoms with Crippen LogP contribution >= 0.6 is 11.6 Å². The van der Waals surface area contributed by atoms with Crippen LogP contribution in [0.3, 0.4) is 0 Å². The summed E-state index contributed by atoms with van der Waals surface area (Å²) in [5, 5.41) is 3.40. The lowest BCUT2D eigenvalue weighted by molar-refractivity contribution is 0.0940. The Balaban J connectivity index is 1.76. The van der Waals surface area contributed by atoms with E-state index in [1.54, 1.807) is 18.2 Å². The molecule has 7 heteroatoms. The van der Waals surface area contributed by atoms with Crippen LogP contribution in [-0.2, 0) is 10.0 Å². The smallest absolute Gasteiger partial charge is 0.261 e. The summed E-state index contributed by atoms with van der Waals surface area (Å²) in [6.45, 7) is 3.90. The van der Waals surface area contributed by atoms with Gasteiger partial charge in [-0.2, -0.15) is 0 Å². The Kier molecular flexibility index (Phi) is 6.25. The Bertz CT molecular complexity index is 1130. The molecule has 0 saturated heterocycles. The molecule has 0 aliphatic carbocycles. The van der Waals surface area contributed by atoms with Crippen LogP contribution in [0.1, 0.15) is 34.5 Å². The number of carbonyl (C=O) groups is 1. The number of hydrogen-bond acceptors (Lipinski definition) is 3. The molecule has 1 amide bonds. The molecule has 3 aromatic carbocycles. The van der Waals surface area contributed by atoms with E-state index in [0.717, 1.165) is 11.1 Å². The summed E-state index contributed by atoms with van der Waals surface area (Å²) in [5.74, 6) is -0.284. The second-order valence-electron chi connectivity index (χ2n) is 6.69. The van der Waals surface area contributed by atoms with Crippen molar-refractivity contribution in [3.8, 4) is 0 Å². The fraction of sp³-hybridized carbons (Fsp3) is 0.136. The highest BCUT2D eigenvalue weighted by molar-refractivity contribution is 7.92. The first-order chi connectivity index (χ1) is 13.8. The zero-order valence-electron chi connectivity index (χ0n) is 16.0. The van der Waals surface area contributed by atoms with Crippen LogP contribution in [0.5, 0.6) is 0 Å². The quantitative estimate of drug-likeness (QED) is 0.583. The fourth-order valence-corrected chi connectivity index (χ4v) is 4.16. The van der Waals surface area contributed by atoms with Crippen molar-refractivity contribution in [1.29, 1.82) is 0 Å². The maximum absolute atomic E-state index is 12.7. The zero-order valence-corrected chi connectivity index (χ0v) is 17.6. The van der Waals surface area contributed by atoms with E-state index in [1.165, 1.54) is 30.3 Å². The first kappa shape index (κ1) is 20.9. The largest absolute Gasteiger partial charge is 0.346 e. The van der Waals surface area contributed by atoms with Gasteiger partial charge in [-0.15, -0.1) is 0 Å². The number of rotatable bonds is 6. The van der Waals surface area contributed by atoms with Gasteiger partial charge in [0.1, 0.15) is 0 Å². The second kappa shape index (κ2) is 8.68. The standard InChI is InChI=1S/C22H21ClN2O3S/c1-15-6-3-4-9-21(15)16(2)24-22(26)17-7-5-8-19(14-17)25-29(27,28)20-12-10-18(23)11-13-20/h3-14,16,25H,1-2H3,(H,24,26)/t16-/m0/s1. The Morgan fingerprint density at radius 3 is 2.34 bits per heavy atom. The predicted molar refractivity (Wildman–Crippen MR) is 116 cm³/mol. The van der Waals surface area contributed by atoms with Gasteiger partial charge in [-0.05, 0) is 67.4 Å². The van der Waals surface area contributed by atoms with Gasteiger partial charge in [0.15, 0.2) is 0 Å². The van der Waals surface area contributed by atoms with Gasteiger partial charge in [0.2, 0.25) is 0 Å². The molecule has 0 aromatic heterocycles. The Labute approximate surface area is 175 Å². The molecule has 0 radical (unpaired) electrons. The molecule has 0 unspecified atom stereocenters. The topological polar surface area (TPSA) is 75.3 Å². The maximum atomic E-state index is 12.7. The lowest BCUT2D eigenvalue weighted by Crippen LogP contribution is -2.27. The Morgan fingerprint density at radius 2 is 1.66 bits per heavy atom. The predicted octanol–water partition coefficient (Wildman–Crippen LogP) is 4.94. The van der Waals surface area contributed by atoms with Crippen molar-refractivity contribution in [2.45, 2.75) is 24.8 Å². The number of benzene rings is 3. The lowest BCUT2D eigenvalue weighted by atomic mass is 10.0. The molecule has 29 heavy (non-hydrogen) atoms. The van der Waals surface area contributed by atoms with Crippen molar-refractivity contribution in [2.75, 3.05) is 4.72 Å². The molecule has 2 N–H and O–H groups in total. The zero-order chi connectivity index (χ0) is 21.0. The summed E-state index contributed by atoms with van der Waals surface area (Å²) in [7, 11) is -3.78. The number of anilines is 1. The summed E-state index contributed by atoms with van der Waals surface area (Å²) in [6, 6.07) is 19.9. The minimum Gasteiger partial charge on any atom is -0.346 e. The van der Waals surface area contributed by atoms with E-state index in [4.69, 9.17) is 11.6 Å². The summed E-state index contributed by atoms with van der Waals surface area (Å²) in [4.78, 5) is 12.7. The third kappa shape index (κ3) is 5.16. The minimum absolute atomic E-state index is 0.0879. The van der Waals surface area contributed by atoms with E-state index in [-0.39, 0.29) is 16.8 Å². The van der Waals surface area contributed by atoms with Crippen LogP contribution in [0.15, 0.2) is 77.7 Å². The molecule has 3 rings (SSSR count). The third-order valence-corrected chi connectivity index (χ3v) is 6.15. The van der Waals surface area contributed by atoms with Gasteiger partial charge >= 0.3 is 0 Å². The molecule has 0 heterocycles. The van der Waals surface area contributed by atoms with Crippen LogP contribution in [0.25, 0.3) is 0 Å². The van der Waals surface area contributed by atoms with Gasteiger partial charge in [0.05, 0.1) is 10.9 Å². The molecular formula is C22H21ClN2O3S.